The summed E-state index contributed by atoms with van der Waals surface area (Å²) in [5.74, 6) is 1.03. The summed E-state index contributed by atoms with van der Waals surface area (Å²) in [6.07, 6.45) is 9.41. The number of pyridine rings is 1. The van der Waals surface area contributed by atoms with E-state index in [-0.39, 0.29) is 5.91 Å². The molecular formula is C18H23N5O. The van der Waals surface area contributed by atoms with Crippen LogP contribution in [0.25, 0.3) is 0 Å². The molecule has 0 saturated carbocycles. The van der Waals surface area contributed by atoms with E-state index in [1.165, 1.54) is 32.4 Å². The Morgan fingerprint density at radius 2 is 2.00 bits per heavy atom. The Bertz CT molecular complexity index is 705. The second-order valence-electron chi connectivity index (χ2n) is 6.65. The van der Waals surface area contributed by atoms with Gasteiger partial charge in [0.1, 0.15) is 5.82 Å². The first-order valence-corrected chi connectivity index (χ1v) is 8.76. The van der Waals surface area contributed by atoms with E-state index in [4.69, 9.17) is 4.98 Å². The molecule has 2 aliphatic heterocycles. The van der Waals surface area contributed by atoms with Gasteiger partial charge in [0.05, 0.1) is 17.8 Å². The number of hydrogen-bond donors (Lipinski definition) is 0. The van der Waals surface area contributed by atoms with Crippen LogP contribution in [0.3, 0.4) is 0 Å². The van der Waals surface area contributed by atoms with Crippen LogP contribution in [-0.4, -0.2) is 49.9 Å². The molecule has 4 heterocycles. The predicted octanol–water partition coefficient (Wildman–Crippen LogP) is 1.92. The number of likely N-dealkylation sites (tertiary alicyclic amines) is 1. The summed E-state index contributed by atoms with van der Waals surface area (Å²) in [4.78, 5) is 25.7. The molecule has 0 radical (unpaired) electrons. The van der Waals surface area contributed by atoms with Gasteiger partial charge in [0, 0.05) is 38.2 Å². The van der Waals surface area contributed by atoms with E-state index in [0.29, 0.717) is 12.1 Å². The lowest BCUT2D eigenvalue weighted by molar-refractivity contribution is 0.0707. The number of aromatic nitrogens is 3. The van der Waals surface area contributed by atoms with E-state index in [1.807, 2.05) is 11.0 Å². The lowest BCUT2D eigenvalue weighted by Gasteiger charge is -2.27. The monoisotopic (exact) mass is 325 g/mol. The number of piperidine rings is 1. The standard InChI is InChI=1S/C18H23N5O/c24-18(15-5-4-6-19-11-15)23-10-9-22-13-16(20-17(22)14-23)12-21-7-2-1-3-8-21/h4-6,11,13H,1-3,7-10,12,14H2. The minimum atomic E-state index is 0.0370. The van der Waals surface area contributed by atoms with Crippen LogP contribution in [0.4, 0.5) is 0 Å². The van der Waals surface area contributed by atoms with Crippen molar-refractivity contribution < 1.29 is 4.79 Å². The highest BCUT2D eigenvalue weighted by atomic mass is 16.2. The lowest BCUT2D eigenvalue weighted by atomic mass is 10.1. The van der Waals surface area contributed by atoms with Gasteiger partial charge in [-0.05, 0) is 38.1 Å². The number of amides is 1. The fourth-order valence-corrected chi connectivity index (χ4v) is 3.58. The van der Waals surface area contributed by atoms with Crippen molar-refractivity contribution >= 4 is 5.91 Å². The summed E-state index contributed by atoms with van der Waals surface area (Å²) in [6, 6.07) is 3.62. The number of hydrogen-bond acceptors (Lipinski definition) is 4. The molecule has 6 nitrogen and oxygen atoms in total. The average Bonchev–Trinajstić information content (AvgIpc) is 3.04. The van der Waals surface area contributed by atoms with Crippen molar-refractivity contribution in [3.8, 4) is 0 Å². The van der Waals surface area contributed by atoms with Gasteiger partial charge in [0.25, 0.3) is 5.91 Å². The van der Waals surface area contributed by atoms with Gasteiger partial charge >= 0.3 is 0 Å². The van der Waals surface area contributed by atoms with Crippen LogP contribution in [-0.2, 0) is 19.6 Å². The Labute approximate surface area is 142 Å². The zero-order valence-corrected chi connectivity index (χ0v) is 13.9. The van der Waals surface area contributed by atoms with Gasteiger partial charge in [0.15, 0.2) is 0 Å². The molecule has 4 rings (SSSR count). The topological polar surface area (TPSA) is 54.3 Å². The molecule has 0 N–H and O–H groups in total. The summed E-state index contributed by atoms with van der Waals surface area (Å²) >= 11 is 0. The van der Waals surface area contributed by atoms with E-state index < -0.39 is 0 Å². The first-order valence-electron chi connectivity index (χ1n) is 8.76. The quantitative estimate of drug-likeness (QED) is 0.865. The molecule has 2 aromatic heterocycles. The third-order valence-electron chi connectivity index (χ3n) is 4.88. The number of nitrogens with zero attached hydrogens (tertiary/aromatic N) is 5. The number of imidazole rings is 1. The van der Waals surface area contributed by atoms with Gasteiger partial charge in [-0.25, -0.2) is 4.98 Å². The number of rotatable bonds is 3. The van der Waals surface area contributed by atoms with Gasteiger partial charge in [-0.2, -0.15) is 0 Å². The maximum atomic E-state index is 12.6. The second kappa shape index (κ2) is 6.73. The van der Waals surface area contributed by atoms with E-state index in [1.54, 1.807) is 18.5 Å². The molecule has 2 aliphatic rings. The largest absolute Gasteiger partial charge is 0.331 e. The molecule has 1 amide bonds. The zero-order valence-electron chi connectivity index (χ0n) is 13.9. The van der Waals surface area contributed by atoms with Crippen LogP contribution in [0, 0.1) is 0 Å². The van der Waals surface area contributed by atoms with Gasteiger partial charge < -0.3 is 9.47 Å². The normalized spacial score (nSPS) is 18.4. The van der Waals surface area contributed by atoms with E-state index in [9.17, 15) is 4.79 Å². The Kier molecular flexibility index (Phi) is 4.30. The van der Waals surface area contributed by atoms with Crippen molar-refractivity contribution in [1.29, 1.82) is 0 Å². The molecule has 0 bridgehead atoms. The summed E-state index contributed by atoms with van der Waals surface area (Å²) in [5, 5.41) is 0. The summed E-state index contributed by atoms with van der Waals surface area (Å²) in [7, 11) is 0. The molecule has 2 aromatic rings. The summed E-state index contributed by atoms with van der Waals surface area (Å²) in [5.41, 5.74) is 1.77. The zero-order chi connectivity index (χ0) is 16.4. The van der Waals surface area contributed by atoms with Crippen LogP contribution in [0.15, 0.2) is 30.7 Å². The van der Waals surface area contributed by atoms with Crippen molar-refractivity contribution in [3.05, 3.63) is 47.8 Å². The molecule has 0 aromatic carbocycles. The minimum Gasteiger partial charge on any atom is -0.331 e. The van der Waals surface area contributed by atoms with E-state index in [0.717, 1.165) is 31.2 Å². The van der Waals surface area contributed by atoms with E-state index in [2.05, 4.69) is 20.6 Å². The van der Waals surface area contributed by atoms with Crippen LogP contribution in [0.1, 0.15) is 41.1 Å². The lowest BCUT2D eigenvalue weighted by Crippen LogP contribution is -2.38. The SMILES string of the molecule is O=C(c1cccnc1)N1CCn2cc(CN3CCCCC3)nc2C1. The summed E-state index contributed by atoms with van der Waals surface area (Å²) in [6.45, 7) is 5.39. The molecule has 24 heavy (non-hydrogen) atoms. The average molecular weight is 325 g/mol. The molecule has 1 fully saturated rings. The number of carbonyl (C=O) groups excluding carboxylic acids is 1. The second-order valence-corrected chi connectivity index (χ2v) is 6.65. The maximum Gasteiger partial charge on any atom is 0.255 e. The fourth-order valence-electron chi connectivity index (χ4n) is 3.58. The summed E-state index contributed by atoms with van der Waals surface area (Å²) < 4.78 is 2.20. The molecular weight excluding hydrogens is 302 g/mol. The van der Waals surface area contributed by atoms with Crippen LogP contribution in [0.2, 0.25) is 0 Å². The van der Waals surface area contributed by atoms with Gasteiger partial charge in [-0.15, -0.1) is 0 Å². The van der Waals surface area contributed by atoms with Gasteiger partial charge in [-0.1, -0.05) is 6.42 Å². The highest BCUT2D eigenvalue weighted by Gasteiger charge is 2.24. The van der Waals surface area contributed by atoms with Crippen molar-refractivity contribution in [1.82, 2.24) is 24.3 Å². The minimum absolute atomic E-state index is 0.0370. The molecule has 6 heteroatoms. The molecule has 0 unspecified atom stereocenters. The Hall–Kier alpha value is -2.21. The Morgan fingerprint density at radius 3 is 2.79 bits per heavy atom. The molecule has 1 saturated heterocycles. The van der Waals surface area contributed by atoms with Crippen LogP contribution in [0.5, 0.6) is 0 Å². The van der Waals surface area contributed by atoms with Crippen molar-refractivity contribution in [2.24, 2.45) is 0 Å². The van der Waals surface area contributed by atoms with Crippen LogP contribution >= 0.6 is 0 Å². The van der Waals surface area contributed by atoms with Crippen molar-refractivity contribution in [2.75, 3.05) is 19.6 Å². The third-order valence-corrected chi connectivity index (χ3v) is 4.88. The number of carbonyl (C=O) groups is 1. The van der Waals surface area contributed by atoms with Crippen molar-refractivity contribution in [3.63, 3.8) is 0 Å². The Morgan fingerprint density at radius 1 is 1.12 bits per heavy atom. The highest BCUT2D eigenvalue weighted by Crippen LogP contribution is 2.18. The smallest absolute Gasteiger partial charge is 0.255 e. The first-order chi connectivity index (χ1) is 11.8. The molecule has 0 aliphatic carbocycles. The Balaban J connectivity index is 1.44. The molecule has 126 valence electrons. The third kappa shape index (κ3) is 3.19. The molecule has 0 atom stereocenters. The van der Waals surface area contributed by atoms with Crippen molar-refractivity contribution in [2.45, 2.75) is 38.9 Å². The molecule has 0 spiro atoms. The maximum absolute atomic E-state index is 12.6. The predicted molar refractivity (Wildman–Crippen MR) is 90.3 cm³/mol. The highest BCUT2D eigenvalue weighted by molar-refractivity contribution is 5.93. The fraction of sp³-hybridized carbons (Fsp3) is 0.500. The first kappa shape index (κ1) is 15.3. The van der Waals surface area contributed by atoms with E-state index >= 15 is 0 Å². The van der Waals surface area contributed by atoms with Gasteiger partial charge in [0.2, 0.25) is 0 Å². The van der Waals surface area contributed by atoms with Crippen LogP contribution < -0.4 is 0 Å². The number of fused-ring (bicyclic) bond motifs is 1. The van der Waals surface area contributed by atoms with Gasteiger partial charge in [-0.3, -0.25) is 14.7 Å².